The molecule has 0 saturated heterocycles. The molecule has 0 spiro atoms. The van der Waals surface area contributed by atoms with Crippen LogP contribution in [0.3, 0.4) is 0 Å². The van der Waals surface area contributed by atoms with E-state index in [2.05, 4.69) is 52.8 Å². The van der Waals surface area contributed by atoms with Crippen LogP contribution in [0.1, 0.15) is 53.9 Å². The summed E-state index contributed by atoms with van der Waals surface area (Å²) in [6.45, 7) is 11.9. The third-order valence-electron chi connectivity index (χ3n) is 5.57. The normalized spacial score (nSPS) is 44.1. The van der Waals surface area contributed by atoms with Crippen molar-refractivity contribution >= 4 is 0 Å². The van der Waals surface area contributed by atoms with E-state index in [-0.39, 0.29) is 0 Å². The average molecular weight is 261 g/mol. The monoisotopic (exact) mass is 261 g/mol. The molecule has 2 rings (SSSR count). The van der Waals surface area contributed by atoms with E-state index < -0.39 is 0 Å². The lowest BCUT2D eigenvalue weighted by atomic mass is 9.71. The highest BCUT2D eigenvalue weighted by Crippen LogP contribution is 2.44. The fraction of sp³-hybridized carbons (Fsp3) is 0.778. The number of allylic oxidation sites excluding steroid dienone is 1. The van der Waals surface area contributed by atoms with Gasteiger partial charge in [0.2, 0.25) is 0 Å². The minimum Gasteiger partial charge on any atom is -0.326 e. The molecule has 19 heavy (non-hydrogen) atoms. The van der Waals surface area contributed by atoms with Gasteiger partial charge in [0, 0.05) is 12.0 Å². The van der Waals surface area contributed by atoms with Crippen LogP contribution in [0.25, 0.3) is 0 Å². The zero-order valence-electron chi connectivity index (χ0n) is 13.3. The maximum Gasteiger partial charge on any atom is 0.0206 e. The molecule has 1 heteroatoms. The zero-order valence-corrected chi connectivity index (χ0v) is 13.3. The van der Waals surface area contributed by atoms with Crippen molar-refractivity contribution in [1.82, 2.24) is 0 Å². The molecule has 0 aromatic carbocycles. The van der Waals surface area contributed by atoms with Gasteiger partial charge in [0.25, 0.3) is 0 Å². The second-order valence-electron chi connectivity index (χ2n) is 7.52. The van der Waals surface area contributed by atoms with Crippen molar-refractivity contribution in [3.8, 4) is 0 Å². The Labute approximate surface area is 119 Å². The van der Waals surface area contributed by atoms with Gasteiger partial charge in [-0.3, -0.25) is 0 Å². The number of nitrogens with two attached hydrogens (primary N) is 1. The molecule has 0 aromatic rings. The van der Waals surface area contributed by atoms with Gasteiger partial charge in [-0.2, -0.15) is 0 Å². The molecular weight excluding hydrogens is 230 g/mol. The Bertz CT molecular complexity index is 377. The van der Waals surface area contributed by atoms with E-state index in [0.29, 0.717) is 35.1 Å². The van der Waals surface area contributed by atoms with E-state index in [0.717, 1.165) is 0 Å². The van der Waals surface area contributed by atoms with Crippen molar-refractivity contribution in [2.45, 2.75) is 59.9 Å². The van der Waals surface area contributed by atoms with Crippen LogP contribution in [0.5, 0.6) is 0 Å². The molecule has 5 atom stereocenters. The molecule has 0 amide bonds. The quantitative estimate of drug-likeness (QED) is 0.725. The number of hydrogen-bond donors (Lipinski definition) is 1. The topological polar surface area (TPSA) is 26.0 Å². The van der Waals surface area contributed by atoms with Gasteiger partial charge in [-0.05, 0) is 36.0 Å². The summed E-state index contributed by atoms with van der Waals surface area (Å²) in [6, 6.07) is 0.300. The summed E-state index contributed by atoms with van der Waals surface area (Å²) in [6.07, 6.45) is 11.0. The Hall–Kier alpha value is -0.560. The molecule has 108 valence electrons. The predicted molar refractivity (Wildman–Crippen MR) is 83.8 cm³/mol. The number of rotatable bonds is 2. The van der Waals surface area contributed by atoms with Crippen molar-refractivity contribution in [2.75, 3.05) is 0 Å². The summed E-state index contributed by atoms with van der Waals surface area (Å²) in [5, 5.41) is 0. The molecule has 2 N–H and O–H groups in total. The molecule has 0 fully saturated rings. The second-order valence-corrected chi connectivity index (χ2v) is 7.52. The molecule has 0 heterocycles. The van der Waals surface area contributed by atoms with Crippen LogP contribution >= 0.6 is 0 Å². The molecule has 1 nitrogen and oxygen atoms in total. The van der Waals surface area contributed by atoms with E-state index in [1.54, 1.807) is 5.57 Å². The van der Waals surface area contributed by atoms with E-state index in [1.807, 2.05) is 0 Å². The van der Waals surface area contributed by atoms with E-state index in [9.17, 15) is 0 Å². The third kappa shape index (κ3) is 2.81. The highest BCUT2D eigenvalue weighted by Gasteiger charge is 2.39. The summed E-state index contributed by atoms with van der Waals surface area (Å²) in [5.41, 5.74) is 8.52. The fourth-order valence-electron chi connectivity index (χ4n) is 4.03. The minimum absolute atomic E-state index is 0.300. The van der Waals surface area contributed by atoms with Gasteiger partial charge < -0.3 is 5.73 Å². The van der Waals surface area contributed by atoms with Crippen LogP contribution < -0.4 is 5.73 Å². The number of fused-ring (bicyclic) bond motifs is 2. The third-order valence-corrected chi connectivity index (χ3v) is 5.57. The van der Waals surface area contributed by atoms with Crippen molar-refractivity contribution in [3.63, 3.8) is 0 Å². The Morgan fingerprint density at radius 3 is 2.58 bits per heavy atom. The lowest BCUT2D eigenvalue weighted by molar-refractivity contribution is 0.186. The first-order chi connectivity index (χ1) is 8.86. The van der Waals surface area contributed by atoms with Crippen LogP contribution in [0.2, 0.25) is 0 Å². The Morgan fingerprint density at radius 1 is 1.26 bits per heavy atom. The second kappa shape index (κ2) is 5.44. The maximum atomic E-state index is 6.56. The van der Waals surface area contributed by atoms with Gasteiger partial charge in [-0.1, -0.05) is 64.8 Å². The predicted octanol–water partition coefficient (Wildman–Crippen LogP) is 4.54. The first-order valence-electron chi connectivity index (χ1n) is 8.01. The van der Waals surface area contributed by atoms with Crippen LogP contribution in [0, 0.1) is 29.1 Å². The maximum absolute atomic E-state index is 6.56. The lowest BCUT2D eigenvalue weighted by Gasteiger charge is -2.34. The molecule has 0 radical (unpaired) electrons. The molecular formula is C18H31N. The van der Waals surface area contributed by atoms with E-state index >= 15 is 0 Å². The fourth-order valence-corrected chi connectivity index (χ4v) is 4.03. The zero-order chi connectivity index (χ0) is 14.2. The van der Waals surface area contributed by atoms with E-state index in [1.165, 1.54) is 19.3 Å². The van der Waals surface area contributed by atoms with Crippen LogP contribution in [-0.4, -0.2) is 6.04 Å². The van der Waals surface area contributed by atoms with Gasteiger partial charge in [-0.15, -0.1) is 0 Å². The molecule has 0 aromatic heterocycles. The van der Waals surface area contributed by atoms with Gasteiger partial charge in [0.15, 0.2) is 0 Å². The number of hydrogen-bond acceptors (Lipinski definition) is 1. The summed E-state index contributed by atoms with van der Waals surface area (Å²) in [4.78, 5) is 0. The summed E-state index contributed by atoms with van der Waals surface area (Å²) in [5.74, 6) is 2.37. The van der Waals surface area contributed by atoms with Gasteiger partial charge in [0.05, 0.1) is 0 Å². The lowest BCUT2D eigenvalue weighted by Crippen LogP contribution is -2.36. The largest absolute Gasteiger partial charge is 0.326 e. The first kappa shape index (κ1) is 14.8. The summed E-state index contributed by atoms with van der Waals surface area (Å²) < 4.78 is 0. The van der Waals surface area contributed by atoms with Gasteiger partial charge >= 0.3 is 0 Å². The highest BCUT2D eigenvalue weighted by atomic mass is 14.7. The smallest absolute Gasteiger partial charge is 0.0206 e. The average Bonchev–Trinajstić information content (AvgIpc) is 2.69. The molecule has 5 unspecified atom stereocenters. The van der Waals surface area contributed by atoms with Crippen LogP contribution in [-0.2, 0) is 0 Å². The summed E-state index contributed by atoms with van der Waals surface area (Å²) in [7, 11) is 0. The molecule has 0 aliphatic heterocycles. The Kier molecular flexibility index (Phi) is 4.25. The van der Waals surface area contributed by atoms with Gasteiger partial charge in [-0.25, -0.2) is 0 Å². The summed E-state index contributed by atoms with van der Waals surface area (Å²) >= 11 is 0. The van der Waals surface area contributed by atoms with Crippen LogP contribution in [0.4, 0.5) is 0 Å². The van der Waals surface area contributed by atoms with Crippen molar-refractivity contribution in [3.05, 3.63) is 23.8 Å². The first-order valence-corrected chi connectivity index (χ1v) is 8.01. The minimum atomic E-state index is 0.300. The van der Waals surface area contributed by atoms with Crippen molar-refractivity contribution in [2.24, 2.45) is 34.8 Å². The molecule has 2 aliphatic rings. The van der Waals surface area contributed by atoms with E-state index in [4.69, 9.17) is 5.73 Å². The van der Waals surface area contributed by atoms with Crippen molar-refractivity contribution in [1.29, 1.82) is 0 Å². The standard InChI is InChI=1S/C18H31N/c1-6-7-14-10-13(3)18(4,5)11-12(2)15-8-9-16(14)17(15)19/h8-10,12-13,15-17H,6-7,11,19H2,1-5H3/b14-10+. The molecule has 0 saturated carbocycles. The highest BCUT2D eigenvalue weighted by molar-refractivity contribution is 5.26. The van der Waals surface area contributed by atoms with Crippen molar-refractivity contribution < 1.29 is 0 Å². The van der Waals surface area contributed by atoms with Crippen LogP contribution in [0.15, 0.2) is 23.8 Å². The molecule has 2 aliphatic carbocycles. The molecule has 2 bridgehead atoms. The Balaban J connectivity index is 2.38. The Morgan fingerprint density at radius 2 is 1.95 bits per heavy atom. The van der Waals surface area contributed by atoms with Gasteiger partial charge in [0.1, 0.15) is 0 Å². The SMILES string of the molecule is CCC/C1=C\C(C)C(C)(C)CC(C)C2C=CC1C2N.